The average Bonchev–Trinajstić information content (AvgIpc) is 3.10. The lowest BCUT2D eigenvalue weighted by Crippen LogP contribution is -2.41. The first-order valence-corrected chi connectivity index (χ1v) is 12.8. The van der Waals surface area contributed by atoms with Crippen molar-refractivity contribution in [1.29, 1.82) is 5.53 Å². The number of rotatable bonds is 6. The normalized spacial score (nSPS) is 15.1. The summed E-state index contributed by atoms with van der Waals surface area (Å²) in [6.07, 6.45) is 4.30. The predicted octanol–water partition coefficient (Wildman–Crippen LogP) is 6.19. The highest BCUT2D eigenvalue weighted by Gasteiger charge is 2.31. The molecule has 0 radical (unpaired) electrons. The van der Waals surface area contributed by atoms with Crippen LogP contribution in [0.4, 0.5) is 15.3 Å². The van der Waals surface area contributed by atoms with Crippen molar-refractivity contribution in [2.75, 3.05) is 25.0 Å². The lowest BCUT2D eigenvalue weighted by molar-refractivity contribution is 0.0162. The maximum Gasteiger partial charge on any atom is 0.419 e. The Bertz CT molecular complexity index is 1000. The third kappa shape index (κ3) is 8.22. The first-order chi connectivity index (χ1) is 16.9. The molecule has 1 fully saturated rings. The van der Waals surface area contributed by atoms with Gasteiger partial charge in [0.2, 0.25) is 4.91 Å². The number of nitrogens with one attached hydrogen (secondary N) is 2. The third-order valence-electron chi connectivity index (χ3n) is 5.59. The molecule has 10 heteroatoms. The van der Waals surface area contributed by atoms with E-state index in [1.54, 1.807) is 4.90 Å². The van der Waals surface area contributed by atoms with E-state index in [9.17, 15) is 9.59 Å². The van der Waals surface area contributed by atoms with Crippen molar-refractivity contribution in [2.24, 2.45) is 11.0 Å². The molecule has 1 aliphatic heterocycles. The molecule has 1 aliphatic carbocycles. The van der Waals surface area contributed by atoms with Crippen LogP contribution in [0, 0.1) is 11.4 Å². The summed E-state index contributed by atoms with van der Waals surface area (Å²) < 4.78 is 12.9. The van der Waals surface area contributed by atoms with Crippen molar-refractivity contribution >= 4 is 23.9 Å². The Morgan fingerprint density at radius 3 is 2.33 bits per heavy atom. The molecule has 1 aromatic heterocycles. The number of aromatic nitrogens is 1. The highest BCUT2D eigenvalue weighted by molar-refractivity contribution is 5.83. The van der Waals surface area contributed by atoms with Gasteiger partial charge in [0.05, 0.1) is 23.6 Å². The SMILES string of the molecule is CC.CC(C)(C)OC(=O)N(Cc1cc2c(n1C(=O)OC(C)(C)C)C=C(CN=[N+]=N)CN2)CC1CCC1. The molecule has 0 aromatic carbocycles. The first-order valence-electron chi connectivity index (χ1n) is 12.8. The fourth-order valence-corrected chi connectivity index (χ4v) is 3.90. The first kappa shape index (κ1) is 29.1. The Hall–Kier alpha value is -3.13. The summed E-state index contributed by atoms with van der Waals surface area (Å²) in [5.41, 5.74) is 8.55. The van der Waals surface area contributed by atoms with Gasteiger partial charge in [0.1, 0.15) is 28.4 Å². The molecule has 2 heterocycles. The molecule has 1 aromatic rings. The summed E-state index contributed by atoms with van der Waals surface area (Å²) in [7, 11) is 0. The summed E-state index contributed by atoms with van der Waals surface area (Å²) in [5.74, 6) is 0.437. The van der Waals surface area contributed by atoms with Crippen LogP contribution >= 0.6 is 0 Å². The minimum atomic E-state index is -0.684. The van der Waals surface area contributed by atoms with Gasteiger partial charge in [-0.25, -0.2) is 14.2 Å². The Labute approximate surface area is 214 Å². The van der Waals surface area contributed by atoms with Crippen molar-refractivity contribution in [1.82, 2.24) is 14.4 Å². The van der Waals surface area contributed by atoms with Crippen molar-refractivity contribution in [3.63, 3.8) is 0 Å². The number of ether oxygens (including phenoxy) is 2. The Balaban J connectivity index is 0.00000222. The molecule has 2 aliphatic rings. The quantitative estimate of drug-likeness (QED) is 0.354. The molecule has 10 nitrogen and oxygen atoms in total. The minimum absolute atomic E-state index is 0.217. The van der Waals surface area contributed by atoms with E-state index < -0.39 is 23.4 Å². The highest BCUT2D eigenvalue weighted by atomic mass is 16.6. The molecule has 0 bridgehead atoms. The second-order valence-corrected chi connectivity index (χ2v) is 11.0. The van der Waals surface area contributed by atoms with Gasteiger partial charge in [0, 0.05) is 13.1 Å². The van der Waals surface area contributed by atoms with E-state index >= 15 is 0 Å². The molecule has 36 heavy (non-hydrogen) atoms. The van der Waals surface area contributed by atoms with Crippen molar-refractivity contribution in [3.8, 4) is 0 Å². The minimum Gasteiger partial charge on any atom is -0.444 e. The van der Waals surface area contributed by atoms with Crippen molar-refractivity contribution in [2.45, 2.75) is 92.4 Å². The Kier molecular flexibility index (Phi) is 9.87. The lowest BCUT2D eigenvalue weighted by atomic mass is 9.85. The predicted molar refractivity (Wildman–Crippen MR) is 140 cm³/mol. The van der Waals surface area contributed by atoms with Crippen LogP contribution in [0.15, 0.2) is 16.8 Å². The maximum atomic E-state index is 13.3. The molecule has 0 saturated heterocycles. The van der Waals surface area contributed by atoms with E-state index in [1.807, 2.05) is 67.5 Å². The van der Waals surface area contributed by atoms with Crippen molar-refractivity contribution < 1.29 is 19.1 Å². The topological polar surface area (TPSA) is 123 Å². The van der Waals surface area contributed by atoms with Gasteiger partial charge in [-0.1, -0.05) is 20.3 Å². The molecular weight excluding hydrogens is 460 g/mol. The van der Waals surface area contributed by atoms with E-state index in [-0.39, 0.29) is 13.1 Å². The van der Waals surface area contributed by atoms with Crippen LogP contribution in [0.1, 0.15) is 86.0 Å². The summed E-state index contributed by atoms with van der Waals surface area (Å²) >= 11 is 0. The molecule has 0 spiro atoms. The number of amides is 1. The highest BCUT2D eigenvalue weighted by Crippen LogP contribution is 2.32. The van der Waals surface area contributed by atoms with Gasteiger partial charge in [-0.15, -0.1) is 0 Å². The van der Waals surface area contributed by atoms with E-state index in [0.29, 0.717) is 30.4 Å². The Morgan fingerprint density at radius 1 is 1.17 bits per heavy atom. The second-order valence-electron chi connectivity index (χ2n) is 11.0. The number of hydrogen-bond donors (Lipinski definition) is 2. The van der Waals surface area contributed by atoms with Crippen LogP contribution in [0.25, 0.3) is 6.08 Å². The number of hydrogen-bond acceptors (Lipinski definition) is 7. The zero-order valence-corrected chi connectivity index (χ0v) is 23.1. The second kappa shape index (κ2) is 12.2. The largest absolute Gasteiger partial charge is 0.444 e. The molecule has 0 atom stereocenters. The van der Waals surface area contributed by atoms with Gasteiger partial charge in [-0.2, -0.15) is 0 Å². The molecule has 2 N–H and O–H groups in total. The van der Waals surface area contributed by atoms with Crippen molar-refractivity contribution in [3.05, 3.63) is 23.0 Å². The number of anilines is 1. The molecule has 3 rings (SSSR count). The zero-order valence-electron chi connectivity index (χ0n) is 23.1. The molecule has 200 valence electrons. The fraction of sp³-hybridized carbons (Fsp3) is 0.692. The fourth-order valence-electron chi connectivity index (χ4n) is 3.90. The van der Waals surface area contributed by atoms with E-state index in [1.165, 1.54) is 11.0 Å². The Morgan fingerprint density at radius 2 is 1.81 bits per heavy atom. The van der Waals surface area contributed by atoms with E-state index in [2.05, 4.69) is 15.3 Å². The van der Waals surface area contributed by atoms with E-state index in [4.69, 9.17) is 15.0 Å². The van der Waals surface area contributed by atoms with Gasteiger partial charge in [-0.05, 0) is 78.0 Å². The van der Waals surface area contributed by atoms with E-state index in [0.717, 1.165) is 24.1 Å². The number of nitrogens with zero attached hydrogens (tertiary/aromatic N) is 4. The van der Waals surface area contributed by atoms with Crippen LogP contribution in [0.3, 0.4) is 0 Å². The average molecular weight is 504 g/mol. The van der Waals surface area contributed by atoms with Gasteiger partial charge in [0.15, 0.2) is 0 Å². The summed E-state index contributed by atoms with van der Waals surface area (Å²) in [4.78, 5) is 31.1. The standard InChI is InChI=1S/C24H37N6O4.C2H6/c1-23(2,3)33-21(31)29(14-16-8-7-9-16)15-18-11-19-20(10-17(12-26-19)13-27-28-25)30(18)22(32)34-24(4,5)6;1-2/h10-11,16,25-26H,7-9,12-15H2,1-6H3;1-2H3/q+1;. The third-order valence-corrected chi connectivity index (χ3v) is 5.59. The van der Waals surface area contributed by atoms with Gasteiger partial charge in [0.25, 0.3) is 0 Å². The summed E-state index contributed by atoms with van der Waals surface area (Å²) in [5, 5.41) is 7.06. The van der Waals surface area contributed by atoms with Gasteiger partial charge >= 0.3 is 12.2 Å². The van der Waals surface area contributed by atoms with Crippen LogP contribution in [-0.4, -0.2) is 52.5 Å². The van der Waals surface area contributed by atoms with Gasteiger partial charge < -0.3 is 19.7 Å². The number of carbonyl (C=O) groups excluding carboxylic acids is 2. The molecule has 0 unspecified atom stereocenters. The van der Waals surface area contributed by atoms with Crippen LogP contribution in [0.2, 0.25) is 0 Å². The van der Waals surface area contributed by atoms with Crippen LogP contribution < -0.4 is 10.2 Å². The molecule has 1 saturated carbocycles. The monoisotopic (exact) mass is 503 g/mol. The number of carbonyl (C=O) groups is 2. The molecule has 1 amide bonds. The van der Waals surface area contributed by atoms with Crippen LogP contribution in [-0.2, 0) is 16.0 Å². The maximum absolute atomic E-state index is 13.3. The summed E-state index contributed by atoms with van der Waals surface area (Å²) in [6.45, 7) is 16.6. The lowest BCUT2D eigenvalue weighted by Gasteiger charge is -2.34. The zero-order chi connectivity index (χ0) is 27.1. The number of fused-ring (bicyclic) bond motifs is 1. The van der Waals surface area contributed by atoms with Crippen LogP contribution in [0.5, 0.6) is 0 Å². The molecular formula is C26H43N6O4+. The van der Waals surface area contributed by atoms with Gasteiger partial charge in [-0.3, -0.25) is 0 Å². The smallest absolute Gasteiger partial charge is 0.419 e. The summed E-state index contributed by atoms with van der Waals surface area (Å²) in [6, 6.07) is 1.89.